The number of carbonyl (C=O) groups is 1. The first-order chi connectivity index (χ1) is 7.46. The fraction of sp³-hybridized carbons (Fsp3) is 0.909. The van der Waals surface area contributed by atoms with Crippen LogP contribution in [0.5, 0.6) is 0 Å². The second-order valence-corrected chi connectivity index (χ2v) is 6.73. The normalized spacial score (nSPS) is 29.7. The molecular weight excluding hydrogens is 227 g/mol. The van der Waals surface area contributed by atoms with Gasteiger partial charge in [0.15, 0.2) is 5.78 Å². The van der Waals surface area contributed by atoms with Gasteiger partial charge in [-0.25, -0.2) is 0 Å². The molecular formula is C11H21O4P. The van der Waals surface area contributed by atoms with Crippen LogP contribution in [0, 0.1) is 11.8 Å². The van der Waals surface area contributed by atoms with Crippen molar-refractivity contribution in [2.75, 3.05) is 20.4 Å². The van der Waals surface area contributed by atoms with Gasteiger partial charge in [0.2, 0.25) is 0 Å². The van der Waals surface area contributed by atoms with Gasteiger partial charge in [-0.3, -0.25) is 9.36 Å². The molecule has 0 amide bonds. The molecule has 0 bridgehead atoms. The molecule has 4 nitrogen and oxygen atoms in total. The molecule has 0 radical (unpaired) electrons. The van der Waals surface area contributed by atoms with Crippen LogP contribution in [0.15, 0.2) is 0 Å². The fourth-order valence-corrected chi connectivity index (χ4v) is 2.60. The van der Waals surface area contributed by atoms with Crippen molar-refractivity contribution >= 4 is 13.4 Å². The summed E-state index contributed by atoms with van der Waals surface area (Å²) >= 11 is 0. The van der Waals surface area contributed by atoms with Crippen molar-refractivity contribution in [3.05, 3.63) is 0 Å². The molecule has 1 fully saturated rings. The summed E-state index contributed by atoms with van der Waals surface area (Å²) in [4.78, 5) is 11.9. The third kappa shape index (κ3) is 4.00. The summed E-state index contributed by atoms with van der Waals surface area (Å²) in [7, 11) is -1.69. The van der Waals surface area contributed by atoms with Crippen LogP contribution in [0.25, 0.3) is 0 Å². The lowest BCUT2D eigenvalue weighted by Gasteiger charge is -2.27. The molecule has 3 unspecified atom stereocenters. The van der Waals surface area contributed by atoms with Crippen LogP contribution in [0.4, 0.5) is 0 Å². The van der Waals surface area contributed by atoms with E-state index in [1.807, 2.05) is 0 Å². The molecule has 16 heavy (non-hydrogen) atoms. The van der Waals surface area contributed by atoms with Crippen molar-refractivity contribution in [1.82, 2.24) is 0 Å². The minimum atomic E-state index is -3.02. The second kappa shape index (κ2) is 5.95. The van der Waals surface area contributed by atoms with E-state index in [9.17, 15) is 9.36 Å². The van der Waals surface area contributed by atoms with Crippen LogP contribution in [-0.2, 0) is 18.4 Å². The van der Waals surface area contributed by atoms with Crippen molar-refractivity contribution in [3.8, 4) is 0 Å². The summed E-state index contributed by atoms with van der Waals surface area (Å²) in [5.74, 6) is 0.556. The molecule has 3 atom stereocenters. The number of ketones is 1. The Morgan fingerprint density at radius 3 is 2.56 bits per heavy atom. The van der Waals surface area contributed by atoms with Gasteiger partial charge in [0.1, 0.15) is 6.61 Å². The summed E-state index contributed by atoms with van der Waals surface area (Å²) in [6.07, 6.45) is 4.35. The lowest BCUT2D eigenvalue weighted by atomic mass is 9.78. The van der Waals surface area contributed by atoms with Crippen LogP contribution >= 0.6 is 7.60 Å². The third-order valence-electron chi connectivity index (χ3n) is 3.30. The van der Waals surface area contributed by atoms with Gasteiger partial charge in [0, 0.05) is 19.7 Å². The summed E-state index contributed by atoms with van der Waals surface area (Å²) < 4.78 is 21.2. The highest BCUT2D eigenvalue weighted by Crippen LogP contribution is 2.43. The SMILES string of the molecule is COP(C)(=O)OCC(=O)C1CCCCC1C. The first-order valence-electron chi connectivity index (χ1n) is 5.77. The molecule has 1 aliphatic carbocycles. The molecule has 0 N–H and O–H groups in total. The maximum atomic E-state index is 11.9. The van der Waals surface area contributed by atoms with E-state index in [-0.39, 0.29) is 18.3 Å². The Hall–Kier alpha value is -0.180. The maximum absolute atomic E-state index is 11.9. The predicted molar refractivity (Wildman–Crippen MR) is 62.6 cm³/mol. The monoisotopic (exact) mass is 248 g/mol. The van der Waals surface area contributed by atoms with E-state index in [1.54, 1.807) is 0 Å². The van der Waals surface area contributed by atoms with E-state index in [2.05, 4.69) is 11.4 Å². The standard InChI is InChI=1S/C11H21O4P/c1-9-6-4-5-7-10(9)11(12)8-15-16(3,13)14-2/h9-10H,4-8H2,1-3H3. The zero-order valence-electron chi connectivity index (χ0n) is 10.3. The molecule has 0 aromatic carbocycles. The van der Waals surface area contributed by atoms with Gasteiger partial charge in [0.05, 0.1) is 0 Å². The van der Waals surface area contributed by atoms with Crippen LogP contribution < -0.4 is 0 Å². The van der Waals surface area contributed by atoms with Crippen molar-refractivity contribution in [3.63, 3.8) is 0 Å². The Balaban J connectivity index is 2.42. The molecule has 0 saturated heterocycles. The quantitative estimate of drug-likeness (QED) is 0.702. The maximum Gasteiger partial charge on any atom is 0.327 e. The summed E-state index contributed by atoms with van der Waals surface area (Å²) in [5, 5.41) is 0. The zero-order chi connectivity index (χ0) is 12.2. The van der Waals surface area contributed by atoms with E-state index in [0.29, 0.717) is 5.92 Å². The number of carbonyl (C=O) groups excluding carboxylic acids is 1. The second-order valence-electron chi connectivity index (χ2n) is 4.56. The van der Waals surface area contributed by atoms with Crippen molar-refractivity contribution in [1.29, 1.82) is 0 Å². The Kier molecular flexibility index (Phi) is 5.16. The minimum absolute atomic E-state index is 0.0614. The largest absolute Gasteiger partial charge is 0.327 e. The smallest absolute Gasteiger partial charge is 0.312 e. The van der Waals surface area contributed by atoms with Crippen molar-refractivity contribution in [2.45, 2.75) is 32.6 Å². The lowest BCUT2D eigenvalue weighted by molar-refractivity contribution is -0.127. The Morgan fingerprint density at radius 1 is 1.38 bits per heavy atom. The average molecular weight is 248 g/mol. The van der Waals surface area contributed by atoms with E-state index in [0.717, 1.165) is 19.3 Å². The molecule has 1 rings (SSSR count). The highest BCUT2D eigenvalue weighted by atomic mass is 31.2. The van der Waals surface area contributed by atoms with Gasteiger partial charge in [-0.15, -0.1) is 0 Å². The van der Waals surface area contributed by atoms with Gasteiger partial charge in [-0.05, 0) is 12.3 Å². The van der Waals surface area contributed by atoms with Gasteiger partial charge < -0.3 is 9.05 Å². The Morgan fingerprint density at radius 2 is 2.00 bits per heavy atom. The van der Waals surface area contributed by atoms with Crippen molar-refractivity contribution in [2.24, 2.45) is 11.8 Å². The van der Waals surface area contributed by atoms with Crippen LogP contribution in [0.1, 0.15) is 32.6 Å². The summed E-state index contributed by atoms with van der Waals surface area (Å²) in [6, 6.07) is 0. The van der Waals surface area contributed by atoms with E-state index in [1.165, 1.54) is 20.2 Å². The molecule has 0 spiro atoms. The average Bonchev–Trinajstić information content (AvgIpc) is 2.27. The van der Waals surface area contributed by atoms with E-state index >= 15 is 0 Å². The third-order valence-corrected chi connectivity index (χ3v) is 4.56. The van der Waals surface area contributed by atoms with Crippen molar-refractivity contribution < 1.29 is 18.4 Å². The van der Waals surface area contributed by atoms with Gasteiger partial charge in [-0.1, -0.05) is 26.2 Å². The first-order valence-corrected chi connectivity index (χ1v) is 7.76. The number of Topliss-reactive ketones (excluding diaryl/α,β-unsaturated/α-hetero) is 1. The Bertz CT molecular complexity index is 290. The topological polar surface area (TPSA) is 52.6 Å². The molecule has 0 heterocycles. The van der Waals surface area contributed by atoms with Gasteiger partial charge in [0.25, 0.3) is 0 Å². The molecule has 94 valence electrons. The fourth-order valence-electron chi connectivity index (χ4n) is 2.14. The van der Waals surface area contributed by atoms with Crippen LogP contribution in [0.3, 0.4) is 0 Å². The van der Waals surface area contributed by atoms with Gasteiger partial charge >= 0.3 is 7.60 Å². The molecule has 0 aliphatic heterocycles. The molecule has 5 heteroatoms. The number of hydrogen-bond donors (Lipinski definition) is 0. The summed E-state index contributed by atoms with van der Waals surface area (Å²) in [5.41, 5.74) is 0. The molecule has 1 saturated carbocycles. The molecule has 0 aromatic rings. The number of hydrogen-bond acceptors (Lipinski definition) is 4. The Labute approximate surface area is 97.2 Å². The van der Waals surface area contributed by atoms with E-state index in [4.69, 9.17) is 4.52 Å². The van der Waals surface area contributed by atoms with Gasteiger partial charge in [-0.2, -0.15) is 0 Å². The summed E-state index contributed by atoms with van der Waals surface area (Å²) in [6.45, 7) is 3.39. The van der Waals surface area contributed by atoms with E-state index < -0.39 is 7.60 Å². The highest BCUT2D eigenvalue weighted by Gasteiger charge is 2.29. The van der Waals surface area contributed by atoms with Crippen LogP contribution in [-0.4, -0.2) is 26.2 Å². The van der Waals surface area contributed by atoms with Crippen LogP contribution in [0.2, 0.25) is 0 Å². The number of rotatable bonds is 5. The molecule has 1 aliphatic rings. The predicted octanol–water partition coefficient (Wildman–Crippen LogP) is 2.87. The molecule has 0 aromatic heterocycles. The zero-order valence-corrected chi connectivity index (χ0v) is 11.2. The lowest BCUT2D eigenvalue weighted by Crippen LogP contribution is -2.28. The highest BCUT2D eigenvalue weighted by molar-refractivity contribution is 7.52. The first kappa shape index (κ1) is 13.9. The minimum Gasteiger partial charge on any atom is -0.312 e.